The molecule has 3 rings (SSSR count). The number of aryl methyl sites for hydroxylation is 1. The smallest absolute Gasteiger partial charge is 0.170 e. The number of para-hydroxylation sites is 1. The predicted molar refractivity (Wildman–Crippen MR) is 63.4 cm³/mol. The predicted octanol–water partition coefficient (Wildman–Crippen LogP) is 2.39. The van der Waals surface area contributed by atoms with Gasteiger partial charge in [0.25, 0.3) is 0 Å². The van der Waals surface area contributed by atoms with E-state index in [0.717, 1.165) is 0 Å². The van der Waals surface area contributed by atoms with Gasteiger partial charge < -0.3 is 9.52 Å². The monoisotopic (exact) mass is 246 g/mol. The largest absolute Gasteiger partial charge is 0.455 e. The van der Waals surface area contributed by atoms with Crippen LogP contribution in [0.3, 0.4) is 0 Å². The molecule has 18 heavy (non-hydrogen) atoms. The highest BCUT2D eigenvalue weighted by molar-refractivity contribution is 5.78. The van der Waals surface area contributed by atoms with E-state index in [0.29, 0.717) is 16.7 Å². The van der Waals surface area contributed by atoms with Crippen LogP contribution >= 0.6 is 0 Å². The van der Waals surface area contributed by atoms with E-state index in [1.54, 1.807) is 42.3 Å². The Morgan fingerprint density at radius 1 is 1.44 bits per heavy atom. The number of aliphatic hydroxyl groups excluding tert-OH is 1. The molecular formula is C13H11FN2O2. The van der Waals surface area contributed by atoms with Crippen LogP contribution in [0.1, 0.15) is 17.4 Å². The van der Waals surface area contributed by atoms with E-state index in [1.165, 1.54) is 6.07 Å². The molecule has 0 aliphatic heterocycles. The molecule has 0 aliphatic carbocycles. The van der Waals surface area contributed by atoms with Crippen LogP contribution in [0.2, 0.25) is 0 Å². The van der Waals surface area contributed by atoms with Gasteiger partial charge >= 0.3 is 0 Å². The number of aromatic nitrogens is 2. The molecule has 1 atom stereocenters. The van der Waals surface area contributed by atoms with Crippen molar-refractivity contribution in [2.75, 3.05) is 0 Å². The average Bonchev–Trinajstić information content (AvgIpc) is 2.95. The Balaban J connectivity index is 2.06. The van der Waals surface area contributed by atoms with Crippen LogP contribution in [0, 0.1) is 5.82 Å². The molecule has 1 N–H and O–H groups in total. The van der Waals surface area contributed by atoms with Gasteiger partial charge in [0.2, 0.25) is 0 Å². The maximum Gasteiger partial charge on any atom is 0.170 e. The molecule has 0 radical (unpaired) electrons. The SMILES string of the molecule is Cn1cc(C(O)c2cc3cccc(F)c3o2)cn1. The van der Waals surface area contributed by atoms with Crippen molar-refractivity contribution in [2.24, 2.45) is 7.05 Å². The second-order valence-electron chi connectivity index (χ2n) is 4.16. The van der Waals surface area contributed by atoms with Crippen molar-refractivity contribution < 1.29 is 13.9 Å². The van der Waals surface area contributed by atoms with Crippen LogP contribution in [0.4, 0.5) is 4.39 Å². The number of furan rings is 1. The molecule has 5 heteroatoms. The maximum absolute atomic E-state index is 13.5. The molecule has 92 valence electrons. The molecule has 0 saturated carbocycles. The highest BCUT2D eigenvalue weighted by Gasteiger charge is 2.18. The summed E-state index contributed by atoms with van der Waals surface area (Å²) in [4.78, 5) is 0. The van der Waals surface area contributed by atoms with Gasteiger partial charge in [-0.05, 0) is 12.1 Å². The number of fused-ring (bicyclic) bond motifs is 1. The lowest BCUT2D eigenvalue weighted by molar-refractivity contribution is 0.192. The van der Waals surface area contributed by atoms with Gasteiger partial charge in [-0.3, -0.25) is 4.68 Å². The fraction of sp³-hybridized carbons (Fsp3) is 0.154. The molecule has 0 amide bonds. The molecule has 1 aromatic carbocycles. The Morgan fingerprint density at radius 3 is 2.94 bits per heavy atom. The van der Waals surface area contributed by atoms with E-state index in [4.69, 9.17) is 4.42 Å². The summed E-state index contributed by atoms with van der Waals surface area (Å²) >= 11 is 0. The minimum atomic E-state index is -0.939. The van der Waals surface area contributed by atoms with Crippen molar-refractivity contribution in [1.29, 1.82) is 0 Å². The molecule has 2 aromatic heterocycles. The third kappa shape index (κ3) is 1.69. The molecule has 0 aliphatic rings. The number of nitrogens with zero attached hydrogens (tertiary/aromatic N) is 2. The number of hydrogen-bond donors (Lipinski definition) is 1. The van der Waals surface area contributed by atoms with Crippen LogP contribution in [0.5, 0.6) is 0 Å². The van der Waals surface area contributed by atoms with E-state index in [1.807, 2.05) is 0 Å². The summed E-state index contributed by atoms with van der Waals surface area (Å²) in [6, 6.07) is 6.30. The number of rotatable bonds is 2. The first-order valence-corrected chi connectivity index (χ1v) is 5.50. The number of aliphatic hydroxyl groups is 1. The van der Waals surface area contributed by atoms with Crippen molar-refractivity contribution in [1.82, 2.24) is 9.78 Å². The van der Waals surface area contributed by atoms with Crippen LogP contribution in [0.25, 0.3) is 11.0 Å². The van der Waals surface area contributed by atoms with Crippen LogP contribution < -0.4 is 0 Å². The zero-order valence-electron chi connectivity index (χ0n) is 9.67. The minimum absolute atomic E-state index is 0.162. The summed E-state index contributed by atoms with van der Waals surface area (Å²) in [7, 11) is 1.76. The molecule has 0 spiro atoms. The number of halogens is 1. The van der Waals surface area contributed by atoms with Crippen molar-refractivity contribution in [3.8, 4) is 0 Å². The topological polar surface area (TPSA) is 51.2 Å². The van der Waals surface area contributed by atoms with Gasteiger partial charge in [-0.1, -0.05) is 12.1 Å². The summed E-state index contributed by atoms with van der Waals surface area (Å²) in [5.74, 6) is -0.125. The molecule has 2 heterocycles. The number of hydrogen-bond acceptors (Lipinski definition) is 3. The number of benzene rings is 1. The average molecular weight is 246 g/mol. The third-order valence-corrected chi connectivity index (χ3v) is 2.83. The second-order valence-corrected chi connectivity index (χ2v) is 4.16. The lowest BCUT2D eigenvalue weighted by atomic mass is 10.1. The van der Waals surface area contributed by atoms with E-state index in [-0.39, 0.29) is 5.58 Å². The highest BCUT2D eigenvalue weighted by Crippen LogP contribution is 2.29. The summed E-state index contributed by atoms with van der Waals surface area (Å²) in [6.07, 6.45) is 2.30. The van der Waals surface area contributed by atoms with E-state index < -0.39 is 11.9 Å². The van der Waals surface area contributed by atoms with Gasteiger partial charge in [-0.25, -0.2) is 4.39 Å². The Hall–Kier alpha value is -2.14. The van der Waals surface area contributed by atoms with Crippen molar-refractivity contribution in [2.45, 2.75) is 6.10 Å². The van der Waals surface area contributed by atoms with E-state index >= 15 is 0 Å². The quantitative estimate of drug-likeness (QED) is 0.755. The standard InChI is InChI=1S/C13H11FN2O2/c1-16-7-9(6-15-16)12(17)11-5-8-3-2-4-10(14)13(8)18-11/h2-7,12,17H,1H3. The molecule has 0 fully saturated rings. The zero-order chi connectivity index (χ0) is 12.7. The Morgan fingerprint density at radius 2 is 2.28 bits per heavy atom. The van der Waals surface area contributed by atoms with Gasteiger partial charge in [-0.2, -0.15) is 5.10 Å². The maximum atomic E-state index is 13.5. The molecule has 0 bridgehead atoms. The van der Waals surface area contributed by atoms with Gasteiger partial charge in [-0.15, -0.1) is 0 Å². The lowest BCUT2D eigenvalue weighted by Crippen LogP contribution is -1.96. The zero-order valence-corrected chi connectivity index (χ0v) is 9.67. The van der Waals surface area contributed by atoms with Crippen LogP contribution in [-0.4, -0.2) is 14.9 Å². The van der Waals surface area contributed by atoms with Crippen molar-refractivity contribution >= 4 is 11.0 Å². The third-order valence-electron chi connectivity index (χ3n) is 2.83. The molecule has 4 nitrogen and oxygen atoms in total. The summed E-state index contributed by atoms with van der Waals surface area (Å²) in [5, 5.41) is 14.7. The lowest BCUT2D eigenvalue weighted by Gasteiger charge is -2.03. The molecule has 1 unspecified atom stereocenters. The summed E-state index contributed by atoms with van der Waals surface area (Å²) < 4.78 is 20.4. The molecule has 0 saturated heterocycles. The van der Waals surface area contributed by atoms with Gasteiger partial charge in [0.05, 0.1) is 6.20 Å². The summed E-state index contributed by atoms with van der Waals surface area (Å²) in [5.41, 5.74) is 0.771. The molecular weight excluding hydrogens is 235 g/mol. The van der Waals surface area contributed by atoms with Crippen molar-refractivity contribution in [3.05, 3.63) is 53.8 Å². The fourth-order valence-electron chi connectivity index (χ4n) is 1.93. The van der Waals surface area contributed by atoms with Crippen LogP contribution in [-0.2, 0) is 7.05 Å². The van der Waals surface area contributed by atoms with Crippen molar-refractivity contribution in [3.63, 3.8) is 0 Å². The molecule has 3 aromatic rings. The Bertz CT molecular complexity index is 702. The summed E-state index contributed by atoms with van der Waals surface area (Å²) in [6.45, 7) is 0. The highest BCUT2D eigenvalue weighted by atomic mass is 19.1. The second kappa shape index (κ2) is 3.96. The Labute approximate surface area is 102 Å². The van der Waals surface area contributed by atoms with E-state index in [9.17, 15) is 9.50 Å². The fourth-order valence-corrected chi connectivity index (χ4v) is 1.93. The van der Waals surface area contributed by atoms with Gasteiger partial charge in [0, 0.05) is 24.2 Å². The van der Waals surface area contributed by atoms with Crippen LogP contribution in [0.15, 0.2) is 41.1 Å². The first kappa shape index (κ1) is 11.0. The Kier molecular flexibility index (Phi) is 2.41. The van der Waals surface area contributed by atoms with Gasteiger partial charge in [0.15, 0.2) is 11.4 Å². The van der Waals surface area contributed by atoms with E-state index in [2.05, 4.69) is 5.10 Å². The first-order valence-electron chi connectivity index (χ1n) is 5.50. The normalized spacial score (nSPS) is 13.1. The first-order chi connectivity index (χ1) is 8.65. The minimum Gasteiger partial charge on any atom is -0.455 e. The van der Waals surface area contributed by atoms with Gasteiger partial charge in [0.1, 0.15) is 11.9 Å².